The number of nitrogens with two attached hydrogens (primary N) is 1. The minimum atomic E-state index is -3.53. The van der Waals surface area contributed by atoms with Crippen LogP contribution in [0.25, 0.3) is 11.0 Å². The van der Waals surface area contributed by atoms with Gasteiger partial charge in [0, 0.05) is 36.9 Å². The van der Waals surface area contributed by atoms with E-state index in [-0.39, 0.29) is 28.8 Å². The zero-order chi connectivity index (χ0) is 15.3. The molecule has 1 unspecified atom stereocenters. The molecule has 6 nitrogen and oxygen atoms in total. The molecule has 3 rings (SSSR count). The van der Waals surface area contributed by atoms with Crippen molar-refractivity contribution >= 4 is 33.5 Å². The van der Waals surface area contributed by atoms with Crippen LogP contribution in [-0.4, -0.2) is 41.8 Å². The molecule has 2 aromatic heterocycles. The highest BCUT2D eigenvalue weighted by atomic mass is 35.5. The molecule has 1 atom stereocenters. The maximum absolute atomic E-state index is 12.9. The number of rotatable bonds is 2. The fourth-order valence-electron chi connectivity index (χ4n) is 2.81. The maximum Gasteiger partial charge on any atom is 0.245 e. The molecule has 0 aromatic carbocycles. The summed E-state index contributed by atoms with van der Waals surface area (Å²) in [5, 5.41) is 0.630. The summed E-state index contributed by atoms with van der Waals surface area (Å²) in [6.45, 7) is 4.91. The normalized spacial score (nSPS) is 22.4. The Morgan fingerprint density at radius 2 is 2.18 bits per heavy atom. The van der Waals surface area contributed by atoms with Gasteiger partial charge in [-0.3, -0.25) is 0 Å². The number of fused-ring (bicyclic) bond motifs is 1. The number of aromatic nitrogens is 2. The lowest BCUT2D eigenvalue weighted by Gasteiger charge is -2.41. The molecule has 1 saturated heterocycles. The molecule has 0 radical (unpaired) electrons. The molecule has 1 aliphatic rings. The van der Waals surface area contributed by atoms with Crippen LogP contribution in [0.1, 0.15) is 20.3 Å². The Kier molecular flexibility index (Phi) is 4.54. The number of hydrogen-bond donors (Lipinski definition) is 2. The zero-order valence-corrected chi connectivity index (χ0v) is 14.2. The van der Waals surface area contributed by atoms with E-state index in [2.05, 4.69) is 9.97 Å². The lowest BCUT2D eigenvalue weighted by molar-refractivity contribution is 0.155. The van der Waals surface area contributed by atoms with E-state index in [1.807, 2.05) is 13.8 Å². The van der Waals surface area contributed by atoms with Gasteiger partial charge in [0.1, 0.15) is 10.5 Å². The van der Waals surface area contributed by atoms with Crippen LogP contribution in [-0.2, 0) is 10.0 Å². The molecule has 3 heterocycles. The Balaban J connectivity index is 0.00000176. The predicted molar refractivity (Wildman–Crippen MR) is 88.5 cm³/mol. The van der Waals surface area contributed by atoms with Crippen molar-refractivity contribution in [2.45, 2.75) is 31.2 Å². The molecule has 0 bridgehead atoms. The molecule has 0 amide bonds. The number of nitrogens with one attached hydrogen (secondary N) is 1. The van der Waals surface area contributed by atoms with Crippen molar-refractivity contribution in [1.29, 1.82) is 0 Å². The minimum absolute atomic E-state index is 0. The lowest BCUT2D eigenvalue weighted by atomic mass is 9.81. The average molecular weight is 345 g/mol. The van der Waals surface area contributed by atoms with Crippen LogP contribution in [0.5, 0.6) is 0 Å². The average Bonchev–Trinajstić information content (AvgIpc) is 2.86. The first-order valence-corrected chi connectivity index (χ1v) is 8.44. The van der Waals surface area contributed by atoms with Crippen molar-refractivity contribution in [3.8, 4) is 0 Å². The minimum Gasteiger partial charge on any atom is -0.345 e. The van der Waals surface area contributed by atoms with E-state index in [1.54, 1.807) is 18.3 Å². The third-order valence-corrected chi connectivity index (χ3v) is 6.19. The smallest absolute Gasteiger partial charge is 0.245 e. The topological polar surface area (TPSA) is 92.1 Å². The van der Waals surface area contributed by atoms with Gasteiger partial charge in [0.05, 0.1) is 0 Å². The molecule has 8 heteroatoms. The summed E-state index contributed by atoms with van der Waals surface area (Å²) in [6.07, 6.45) is 3.83. The van der Waals surface area contributed by atoms with Crippen molar-refractivity contribution in [1.82, 2.24) is 14.3 Å². The molecule has 3 N–H and O–H groups in total. The van der Waals surface area contributed by atoms with E-state index >= 15 is 0 Å². The standard InChI is InChI=1S/C14H20N4O2S.ClH/c1-14(2)9-18(7-5-12(14)15)21(19,20)11-8-17-13-10(11)4-3-6-16-13;/h3-4,6,8,12H,5,7,9,15H2,1-2H3,(H,16,17);1H. The van der Waals surface area contributed by atoms with Gasteiger partial charge in [-0.05, 0) is 24.0 Å². The van der Waals surface area contributed by atoms with Gasteiger partial charge in [0.15, 0.2) is 0 Å². The number of hydrogen-bond acceptors (Lipinski definition) is 4. The van der Waals surface area contributed by atoms with Crippen LogP contribution in [0.3, 0.4) is 0 Å². The summed E-state index contributed by atoms with van der Waals surface area (Å²) < 4.78 is 27.3. The highest BCUT2D eigenvalue weighted by molar-refractivity contribution is 7.89. The number of sulfonamides is 1. The van der Waals surface area contributed by atoms with Crippen LogP contribution < -0.4 is 5.73 Å². The highest BCUT2D eigenvalue weighted by Gasteiger charge is 2.39. The molecule has 1 fully saturated rings. The van der Waals surface area contributed by atoms with Crippen LogP contribution >= 0.6 is 12.4 Å². The van der Waals surface area contributed by atoms with Gasteiger partial charge in [-0.1, -0.05) is 13.8 Å². The molecule has 0 spiro atoms. The summed E-state index contributed by atoms with van der Waals surface area (Å²) in [5.74, 6) is 0. The van der Waals surface area contributed by atoms with Gasteiger partial charge in [-0.15, -0.1) is 12.4 Å². The highest BCUT2D eigenvalue weighted by Crippen LogP contribution is 2.32. The fourth-order valence-corrected chi connectivity index (χ4v) is 4.59. The first kappa shape index (κ1) is 17.2. The van der Waals surface area contributed by atoms with Crippen LogP contribution in [0.15, 0.2) is 29.4 Å². The van der Waals surface area contributed by atoms with Gasteiger partial charge in [-0.2, -0.15) is 4.31 Å². The molecule has 0 saturated carbocycles. The van der Waals surface area contributed by atoms with Gasteiger partial charge in [-0.25, -0.2) is 13.4 Å². The molecule has 122 valence electrons. The lowest BCUT2D eigenvalue weighted by Crippen LogP contribution is -2.53. The zero-order valence-electron chi connectivity index (χ0n) is 12.6. The van der Waals surface area contributed by atoms with Crippen molar-refractivity contribution in [3.63, 3.8) is 0 Å². The van der Waals surface area contributed by atoms with Crippen molar-refractivity contribution < 1.29 is 8.42 Å². The summed E-state index contributed by atoms with van der Waals surface area (Å²) >= 11 is 0. The number of nitrogens with zero attached hydrogens (tertiary/aromatic N) is 2. The number of halogens is 1. The second-order valence-corrected chi connectivity index (χ2v) is 8.18. The summed E-state index contributed by atoms with van der Waals surface area (Å²) in [4.78, 5) is 7.35. The molecule has 1 aliphatic heterocycles. The monoisotopic (exact) mass is 344 g/mol. The molecule has 22 heavy (non-hydrogen) atoms. The second kappa shape index (κ2) is 5.81. The van der Waals surface area contributed by atoms with E-state index in [0.29, 0.717) is 30.5 Å². The van der Waals surface area contributed by atoms with E-state index in [1.165, 1.54) is 10.5 Å². The van der Waals surface area contributed by atoms with Crippen LogP contribution in [0.2, 0.25) is 0 Å². The Morgan fingerprint density at radius 1 is 1.45 bits per heavy atom. The molecular formula is C14H21ClN4O2S. The first-order valence-electron chi connectivity index (χ1n) is 7.00. The Hall–Kier alpha value is -1.15. The van der Waals surface area contributed by atoms with E-state index < -0.39 is 10.0 Å². The number of aromatic amines is 1. The number of piperidine rings is 1. The van der Waals surface area contributed by atoms with Gasteiger partial charge >= 0.3 is 0 Å². The SMILES string of the molecule is CC1(C)CN(S(=O)(=O)c2c[nH]c3ncccc23)CCC1N.Cl. The van der Waals surface area contributed by atoms with Crippen molar-refractivity contribution in [2.75, 3.05) is 13.1 Å². The molecule has 0 aliphatic carbocycles. The Labute approximate surface area is 136 Å². The number of pyridine rings is 1. The van der Waals surface area contributed by atoms with Crippen molar-refractivity contribution in [3.05, 3.63) is 24.5 Å². The van der Waals surface area contributed by atoms with E-state index in [4.69, 9.17) is 5.73 Å². The maximum atomic E-state index is 12.9. The van der Waals surface area contributed by atoms with Crippen molar-refractivity contribution in [2.24, 2.45) is 11.1 Å². The summed E-state index contributed by atoms with van der Waals surface area (Å²) in [7, 11) is -3.53. The Bertz CT molecular complexity index is 772. The van der Waals surface area contributed by atoms with Gasteiger partial charge in [0.2, 0.25) is 10.0 Å². The van der Waals surface area contributed by atoms with Gasteiger partial charge < -0.3 is 10.7 Å². The summed E-state index contributed by atoms with van der Waals surface area (Å²) in [6, 6.07) is 3.53. The largest absolute Gasteiger partial charge is 0.345 e. The summed E-state index contributed by atoms with van der Waals surface area (Å²) in [5.41, 5.74) is 6.45. The molecular weight excluding hydrogens is 324 g/mol. The first-order chi connectivity index (χ1) is 9.82. The van der Waals surface area contributed by atoms with E-state index in [0.717, 1.165) is 0 Å². The second-order valence-electron chi connectivity index (χ2n) is 6.27. The van der Waals surface area contributed by atoms with E-state index in [9.17, 15) is 8.42 Å². The quantitative estimate of drug-likeness (QED) is 0.867. The Morgan fingerprint density at radius 3 is 2.86 bits per heavy atom. The van der Waals surface area contributed by atoms with Crippen LogP contribution in [0, 0.1) is 5.41 Å². The third-order valence-electron chi connectivity index (χ3n) is 4.31. The fraction of sp³-hybridized carbons (Fsp3) is 0.500. The predicted octanol–water partition coefficient (Wildman–Crippen LogP) is 1.73. The van der Waals surface area contributed by atoms with Gasteiger partial charge in [0.25, 0.3) is 0 Å². The molecule has 2 aromatic rings. The third kappa shape index (κ3) is 2.74. The number of H-pyrrole nitrogens is 1. The van der Waals surface area contributed by atoms with Crippen LogP contribution in [0.4, 0.5) is 0 Å².